The second kappa shape index (κ2) is 6.23. The molecule has 0 heterocycles. The molecule has 0 bridgehead atoms. The molecule has 0 amide bonds. The van der Waals surface area contributed by atoms with Gasteiger partial charge in [0.2, 0.25) is 0 Å². The van der Waals surface area contributed by atoms with E-state index in [1.54, 1.807) is 0 Å². The van der Waals surface area contributed by atoms with E-state index in [1.165, 1.54) is 5.57 Å². The Morgan fingerprint density at radius 1 is 1.29 bits per heavy atom. The normalized spacial score (nSPS) is 17.9. The Labute approximate surface area is 89.2 Å². The number of aliphatic hydroxyl groups excluding tert-OH is 1. The zero-order chi connectivity index (χ0) is 11.3. The van der Waals surface area contributed by atoms with Gasteiger partial charge in [0.1, 0.15) is 0 Å². The highest BCUT2D eigenvalue weighted by atomic mass is 16.3. The fourth-order valence-corrected chi connectivity index (χ4v) is 2.45. The van der Waals surface area contributed by atoms with Crippen molar-refractivity contribution in [2.45, 2.75) is 53.6 Å². The van der Waals surface area contributed by atoms with Gasteiger partial charge in [0.15, 0.2) is 0 Å². The maximum Gasteiger partial charge on any atom is 0.0540 e. The molecule has 1 heteroatoms. The van der Waals surface area contributed by atoms with Crippen LogP contribution in [-0.4, -0.2) is 11.2 Å². The van der Waals surface area contributed by atoms with Gasteiger partial charge in [-0.2, -0.15) is 0 Å². The quantitative estimate of drug-likeness (QED) is 0.646. The van der Waals surface area contributed by atoms with Gasteiger partial charge < -0.3 is 5.11 Å². The van der Waals surface area contributed by atoms with E-state index in [0.29, 0.717) is 17.8 Å². The topological polar surface area (TPSA) is 20.2 Å². The van der Waals surface area contributed by atoms with E-state index in [-0.39, 0.29) is 6.10 Å². The van der Waals surface area contributed by atoms with Crippen LogP contribution in [0.2, 0.25) is 0 Å². The summed E-state index contributed by atoms with van der Waals surface area (Å²) in [4.78, 5) is 0. The highest BCUT2D eigenvalue weighted by molar-refractivity contribution is 4.99. The molecule has 0 saturated carbocycles. The van der Waals surface area contributed by atoms with Crippen molar-refractivity contribution >= 4 is 0 Å². The fourth-order valence-electron chi connectivity index (χ4n) is 2.45. The van der Waals surface area contributed by atoms with Gasteiger partial charge in [0.25, 0.3) is 0 Å². The average molecular weight is 198 g/mol. The van der Waals surface area contributed by atoms with Crippen molar-refractivity contribution in [3.63, 3.8) is 0 Å². The van der Waals surface area contributed by atoms with Crippen LogP contribution in [0.4, 0.5) is 0 Å². The molecule has 84 valence electrons. The van der Waals surface area contributed by atoms with Gasteiger partial charge in [0, 0.05) is 0 Å². The predicted octanol–water partition coefficient (Wildman–Crippen LogP) is 3.63. The average Bonchev–Trinajstić information content (AvgIpc) is 2.02. The number of aliphatic hydroxyl groups is 1. The molecule has 0 fully saturated rings. The monoisotopic (exact) mass is 198 g/mol. The van der Waals surface area contributed by atoms with Crippen LogP contribution in [0.3, 0.4) is 0 Å². The number of allylic oxidation sites excluding steroid dienone is 1. The maximum absolute atomic E-state index is 9.61. The second-order valence-corrected chi connectivity index (χ2v) is 4.89. The van der Waals surface area contributed by atoms with Crippen molar-refractivity contribution < 1.29 is 5.11 Å². The summed E-state index contributed by atoms with van der Waals surface area (Å²) >= 11 is 0. The van der Waals surface area contributed by atoms with Crippen molar-refractivity contribution in [2.24, 2.45) is 17.8 Å². The molecule has 0 aromatic carbocycles. The number of hydrogen-bond acceptors (Lipinski definition) is 1. The molecule has 0 spiro atoms. The summed E-state index contributed by atoms with van der Waals surface area (Å²) in [6, 6.07) is 0. The molecular weight excluding hydrogens is 172 g/mol. The highest BCUT2D eigenvalue weighted by Gasteiger charge is 2.22. The zero-order valence-electron chi connectivity index (χ0n) is 10.4. The Morgan fingerprint density at radius 2 is 1.79 bits per heavy atom. The molecule has 0 aliphatic rings. The minimum Gasteiger partial charge on any atom is -0.393 e. The highest BCUT2D eigenvalue weighted by Crippen LogP contribution is 2.30. The van der Waals surface area contributed by atoms with Crippen LogP contribution in [0.5, 0.6) is 0 Å². The molecule has 14 heavy (non-hydrogen) atoms. The van der Waals surface area contributed by atoms with Crippen LogP contribution < -0.4 is 0 Å². The lowest BCUT2D eigenvalue weighted by molar-refractivity contribution is 0.123. The summed E-state index contributed by atoms with van der Waals surface area (Å²) in [5, 5.41) is 9.61. The van der Waals surface area contributed by atoms with Crippen LogP contribution in [0.25, 0.3) is 0 Å². The third kappa shape index (κ3) is 4.28. The first-order valence-electron chi connectivity index (χ1n) is 5.73. The summed E-state index contributed by atoms with van der Waals surface area (Å²) in [6.45, 7) is 14.9. The zero-order valence-corrected chi connectivity index (χ0v) is 10.4. The largest absolute Gasteiger partial charge is 0.393 e. The van der Waals surface area contributed by atoms with Gasteiger partial charge in [-0.15, -0.1) is 0 Å². The molecular formula is C13H26O. The number of rotatable bonds is 6. The van der Waals surface area contributed by atoms with Gasteiger partial charge in [-0.3, -0.25) is 0 Å². The Bertz CT molecular complexity index is 172. The van der Waals surface area contributed by atoms with Crippen LogP contribution in [0.15, 0.2) is 12.2 Å². The summed E-state index contributed by atoms with van der Waals surface area (Å²) in [5.74, 6) is 1.69. The first kappa shape index (κ1) is 13.7. The first-order chi connectivity index (χ1) is 6.40. The third-order valence-electron chi connectivity index (χ3n) is 3.02. The molecule has 0 rings (SSSR count). The lowest BCUT2D eigenvalue weighted by Gasteiger charge is -2.29. The fraction of sp³-hybridized carbons (Fsp3) is 0.846. The van der Waals surface area contributed by atoms with E-state index < -0.39 is 0 Å². The first-order valence-corrected chi connectivity index (χ1v) is 5.73. The molecule has 0 aromatic heterocycles. The van der Waals surface area contributed by atoms with E-state index in [0.717, 1.165) is 12.8 Å². The van der Waals surface area contributed by atoms with Crippen molar-refractivity contribution in [1.29, 1.82) is 0 Å². The SMILES string of the molecule is C=C(C)C(C(C)C)C(C)CC(O)CC. The standard InChI is InChI=1S/C13H26O/c1-7-12(14)8-11(6)13(9(2)3)10(4)5/h10-14H,2,7-8H2,1,3-6H3. The predicted molar refractivity (Wildman–Crippen MR) is 63.2 cm³/mol. The minimum atomic E-state index is -0.148. The van der Waals surface area contributed by atoms with Crippen molar-refractivity contribution in [3.05, 3.63) is 12.2 Å². The molecule has 0 radical (unpaired) electrons. The molecule has 3 unspecified atom stereocenters. The smallest absolute Gasteiger partial charge is 0.0540 e. The molecule has 0 aromatic rings. The molecule has 0 saturated heterocycles. The van der Waals surface area contributed by atoms with Gasteiger partial charge in [0.05, 0.1) is 6.10 Å². The molecule has 3 atom stereocenters. The second-order valence-electron chi connectivity index (χ2n) is 4.89. The van der Waals surface area contributed by atoms with Gasteiger partial charge in [-0.05, 0) is 37.5 Å². The van der Waals surface area contributed by atoms with Gasteiger partial charge >= 0.3 is 0 Å². The molecule has 0 aliphatic carbocycles. The van der Waals surface area contributed by atoms with Crippen molar-refractivity contribution in [1.82, 2.24) is 0 Å². The maximum atomic E-state index is 9.61. The summed E-state index contributed by atoms with van der Waals surface area (Å²) in [6.07, 6.45) is 1.60. The molecule has 1 nitrogen and oxygen atoms in total. The van der Waals surface area contributed by atoms with E-state index in [2.05, 4.69) is 34.3 Å². The third-order valence-corrected chi connectivity index (χ3v) is 3.02. The Hall–Kier alpha value is -0.300. The van der Waals surface area contributed by atoms with Crippen LogP contribution in [0, 0.1) is 17.8 Å². The number of hydrogen-bond donors (Lipinski definition) is 1. The Morgan fingerprint density at radius 3 is 2.07 bits per heavy atom. The lowest BCUT2D eigenvalue weighted by Crippen LogP contribution is -2.23. The van der Waals surface area contributed by atoms with E-state index in [4.69, 9.17) is 0 Å². The summed E-state index contributed by atoms with van der Waals surface area (Å²) in [5.41, 5.74) is 1.25. The van der Waals surface area contributed by atoms with Crippen molar-refractivity contribution in [3.8, 4) is 0 Å². The van der Waals surface area contributed by atoms with E-state index in [9.17, 15) is 5.11 Å². The Kier molecular flexibility index (Phi) is 6.10. The molecule has 0 aliphatic heterocycles. The molecule has 1 N–H and O–H groups in total. The van der Waals surface area contributed by atoms with Crippen LogP contribution in [0.1, 0.15) is 47.5 Å². The lowest BCUT2D eigenvalue weighted by atomic mass is 9.77. The summed E-state index contributed by atoms with van der Waals surface area (Å²) < 4.78 is 0. The van der Waals surface area contributed by atoms with Crippen LogP contribution >= 0.6 is 0 Å². The summed E-state index contributed by atoms with van der Waals surface area (Å²) in [7, 11) is 0. The minimum absolute atomic E-state index is 0.148. The van der Waals surface area contributed by atoms with Crippen molar-refractivity contribution in [2.75, 3.05) is 0 Å². The Balaban J connectivity index is 4.29. The van der Waals surface area contributed by atoms with Gasteiger partial charge in [-0.25, -0.2) is 0 Å². The van der Waals surface area contributed by atoms with E-state index >= 15 is 0 Å². The van der Waals surface area contributed by atoms with Crippen LogP contribution in [-0.2, 0) is 0 Å². The van der Waals surface area contributed by atoms with Gasteiger partial charge in [-0.1, -0.05) is 39.8 Å². The van der Waals surface area contributed by atoms with E-state index in [1.807, 2.05) is 6.92 Å².